The Kier molecular flexibility index (Phi) is 4.60. The summed E-state index contributed by atoms with van der Waals surface area (Å²) >= 11 is 0. The van der Waals surface area contributed by atoms with Crippen molar-refractivity contribution in [2.75, 3.05) is 13.2 Å². The fourth-order valence-electron chi connectivity index (χ4n) is 1.75. The van der Waals surface area contributed by atoms with Gasteiger partial charge in [0.15, 0.2) is 11.5 Å². The average molecular weight is 276 g/mol. The van der Waals surface area contributed by atoms with Crippen LogP contribution in [0.25, 0.3) is 0 Å². The summed E-state index contributed by atoms with van der Waals surface area (Å²) in [7, 11) is 0. The van der Waals surface area contributed by atoms with Gasteiger partial charge in [0, 0.05) is 12.3 Å². The molecule has 106 valence electrons. The van der Waals surface area contributed by atoms with Crippen molar-refractivity contribution in [2.24, 2.45) is 0 Å². The molecule has 1 aromatic heterocycles. The Balaban J connectivity index is 2.03. The molecule has 0 saturated heterocycles. The SMILES string of the molecule is CCOc1ccccc1OCCn1c(=O)cc[nH]c1=O. The monoisotopic (exact) mass is 276 g/mol. The second-order valence-electron chi connectivity index (χ2n) is 4.00. The van der Waals surface area contributed by atoms with Crippen LogP contribution in [0.1, 0.15) is 6.92 Å². The minimum atomic E-state index is -0.445. The van der Waals surface area contributed by atoms with Crippen LogP contribution in [-0.2, 0) is 6.54 Å². The minimum absolute atomic E-state index is 0.176. The molecule has 0 saturated carbocycles. The molecule has 0 aliphatic rings. The molecule has 0 atom stereocenters. The van der Waals surface area contributed by atoms with Crippen LogP contribution in [0.2, 0.25) is 0 Å². The molecule has 0 fully saturated rings. The summed E-state index contributed by atoms with van der Waals surface area (Å²) in [5.41, 5.74) is -0.797. The zero-order valence-electron chi connectivity index (χ0n) is 11.2. The standard InChI is InChI=1S/C14H16N2O4/c1-2-19-11-5-3-4-6-12(11)20-10-9-16-13(17)7-8-15-14(16)18/h3-8H,2,9-10H2,1H3,(H,15,18). The molecular weight excluding hydrogens is 260 g/mol. The van der Waals surface area contributed by atoms with Gasteiger partial charge in [-0.05, 0) is 19.1 Å². The van der Waals surface area contributed by atoms with Crippen molar-refractivity contribution in [3.05, 3.63) is 57.4 Å². The van der Waals surface area contributed by atoms with Crippen molar-refractivity contribution < 1.29 is 9.47 Å². The minimum Gasteiger partial charge on any atom is -0.490 e. The lowest BCUT2D eigenvalue weighted by molar-refractivity contribution is 0.264. The second kappa shape index (κ2) is 6.60. The van der Waals surface area contributed by atoms with E-state index in [0.717, 1.165) is 4.57 Å². The quantitative estimate of drug-likeness (QED) is 0.854. The highest BCUT2D eigenvalue weighted by molar-refractivity contribution is 5.39. The zero-order valence-corrected chi connectivity index (χ0v) is 11.2. The molecule has 1 N–H and O–H groups in total. The molecule has 1 heterocycles. The van der Waals surface area contributed by atoms with Gasteiger partial charge in [-0.25, -0.2) is 4.79 Å². The summed E-state index contributed by atoms with van der Waals surface area (Å²) in [5, 5.41) is 0. The lowest BCUT2D eigenvalue weighted by Gasteiger charge is -2.11. The number of aromatic amines is 1. The first-order chi connectivity index (χ1) is 9.72. The van der Waals surface area contributed by atoms with Crippen LogP contribution < -0.4 is 20.7 Å². The van der Waals surface area contributed by atoms with E-state index in [1.54, 1.807) is 12.1 Å². The van der Waals surface area contributed by atoms with Crippen molar-refractivity contribution in [1.29, 1.82) is 0 Å². The van der Waals surface area contributed by atoms with Gasteiger partial charge in [0.25, 0.3) is 5.56 Å². The first kappa shape index (κ1) is 13.9. The van der Waals surface area contributed by atoms with Gasteiger partial charge in [0.05, 0.1) is 13.2 Å². The molecule has 0 aliphatic heterocycles. The van der Waals surface area contributed by atoms with E-state index in [4.69, 9.17) is 9.47 Å². The lowest BCUT2D eigenvalue weighted by atomic mass is 10.3. The van der Waals surface area contributed by atoms with Crippen molar-refractivity contribution in [3.63, 3.8) is 0 Å². The number of hydrogen-bond acceptors (Lipinski definition) is 4. The van der Waals surface area contributed by atoms with Crippen LogP contribution in [0, 0.1) is 0 Å². The average Bonchev–Trinajstić information content (AvgIpc) is 2.44. The van der Waals surface area contributed by atoms with Crippen LogP contribution in [-0.4, -0.2) is 22.8 Å². The third-order valence-corrected chi connectivity index (χ3v) is 2.67. The maximum atomic E-state index is 11.5. The number of para-hydroxylation sites is 2. The largest absolute Gasteiger partial charge is 0.490 e. The van der Waals surface area contributed by atoms with Crippen molar-refractivity contribution in [3.8, 4) is 11.5 Å². The number of rotatable bonds is 6. The highest BCUT2D eigenvalue weighted by Crippen LogP contribution is 2.26. The molecule has 0 radical (unpaired) electrons. The first-order valence-electron chi connectivity index (χ1n) is 6.35. The van der Waals surface area contributed by atoms with Gasteiger partial charge in [-0.15, -0.1) is 0 Å². The van der Waals surface area contributed by atoms with E-state index in [1.165, 1.54) is 12.3 Å². The molecule has 20 heavy (non-hydrogen) atoms. The maximum absolute atomic E-state index is 11.5. The van der Waals surface area contributed by atoms with E-state index >= 15 is 0 Å². The summed E-state index contributed by atoms with van der Waals surface area (Å²) in [5.74, 6) is 1.24. The molecule has 2 rings (SSSR count). The Morgan fingerprint density at radius 3 is 2.45 bits per heavy atom. The Labute approximate surface area is 115 Å². The van der Waals surface area contributed by atoms with Gasteiger partial charge in [0.2, 0.25) is 0 Å². The molecular formula is C14H16N2O4. The van der Waals surface area contributed by atoms with Gasteiger partial charge in [-0.3, -0.25) is 9.36 Å². The smallest absolute Gasteiger partial charge is 0.328 e. The number of benzene rings is 1. The van der Waals surface area contributed by atoms with E-state index < -0.39 is 5.69 Å². The number of hydrogen-bond donors (Lipinski definition) is 1. The summed E-state index contributed by atoms with van der Waals surface area (Å²) in [4.78, 5) is 25.4. The lowest BCUT2D eigenvalue weighted by Crippen LogP contribution is -2.35. The van der Waals surface area contributed by atoms with Crippen LogP contribution in [0.5, 0.6) is 11.5 Å². The Hall–Kier alpha value is -2.50. The van der Waals surface area contributed by atoms with Crippen LogP contribution in [0.3, 0.4) is 0 Å². The van der Waals surface area contributed by atoms with Crippen molar-refractivity contribution >= 4 is 0 Å². The van der Waals surface area contributed by atoms with E-state index in [2.05, 4.69) is 4.98 Å². The van der Waals surface area contributed by atoms with Gasteiger partial charge in [-0.2, -0.15) is 0 Å². The number of aromatic nitrogens is 2. The maximum Gasteiger partial charge on any atom is 0.328 e. The van der Waals surface area contributed by atoms with Gasteiger partial charge < -0.3 is 14.5 Å². The highest BCUT2D eigenvalue weighted by atomic mass is 16.5. The van der Waals surface area contributed by atoms with Gasteiger partial charge in [-0.1, -0.05) is 12.1 Å². The summed E-state index contributed by atoms with van der Waals surface area (Å²) in [6, 6.07) is 8.57. The topological polar surface area (TPSA) is 73.3 Å². The van der Waals surface area contributed by atoms with Crippen molar-refractivity contribution in [2.45, 2.75) is 13.5 Å². The third-order valence-electron chi connectivity index (χ3n) is 2.67. The number of nitrogens with zero attached hydrogens (tertiary/aromatic N) is 1. The molecule has 0 amide bonds. The molecule has 0 aliphatic carbocycles. The third kappa shape index (κ3) is 3.28. The summed E-state index contributed by atoms with van der Waals surface area (Å²) in [6.07, 6.45) is 1.33. The zero-order chi connectivity index (χ0) is 14.4. The van der Waals surface area contributed by atoms with E-state index in [1.807, 2.05) is 19.1 Å². The predicted molar refractivity (Wildman–Crippen MR) is 74.4 cm³/mol. The van der Waals surface area contributed by atoms with Gasteiger partial charge >= 0.3 is 5.69 Å². The Morgan fingerprint density at radius 1 is 1.10 bits per heavy atom. The molecule has 0 bridgehead atoms. The normalized spacial score (nSPS) is 10.2. The molecule has 2 aromatic rings. The molecule has 6 nitrogen and oxygen atoms in total. The van der Waals surface area contributed by atoms with E-state index in [-0.39, 0.29) is 18.7 Å². The molecule has 0 spiro atoms. The van der Waals surface area contributed by atoms with E-state index in [0.29, 0.717) is 18.1 Å². The van der Waals surface area contributed by atoms with Crippen LogP contribution >= 0.6 is 0 Å². The van der Waals surface area contributed by atoms with Gasteiger partial charge in [0.1, 0.15) is 6.61 Å². The fraction of sp³-hybridized carbons (Fsp3) is 0.286. The van der Waals surface area contributed by atoms with Crippen molar-refractivity contribution in [1.82, 2.24) is 9.55 Å². The van der Waals surface area contributed by atoms with E-state index in [9.17, 15) is 9.59 Å². The summed E-state index contributed by atoms with van der Waals surface area (Å²) < 4.78 is 12.1. The fourth-order valence-corrected chi connectivity index (χ4v) is 1.75. The number of nitrogens with one attached hydrogen (secondary N) is 1. The molecule has 0 unspecified atom stereocenters. The Bertz CT molecular complexity index is 647. The Morgan fingerprint density at radius 2 is 1.80 bits per heavy atom. The predicted octanol–water partition coefficient (Wildman–Crippen LogP) is 1.01. The molecule has 1 aromatic carbocycles. The molecule has 6 heteroatoms. The number of H-pyrrole nitrogens is 1. The van der Waals surface area contributed by atoms with Crippen LogP contribution in [0.15, 0.2) is 46.1 Å². The summed E-state index contributed by atoms with van der Waals surface area (Å²) in [6.45, 7) is 2.81. The number of ether oxygens (including phenoxy) is 2. The van der Waals surface area contributed by atoms with Crippen LogP contribution in [0.4, 0.5) is 0 Å². The first-order valence-corrected chi connectivity index (χ1v) is 6.35. The second-order valence-corrected chi connectivity index (χ2v) is 4.00. The highest BCUT2D eigenvalue weighted by Gasteiger charge is 2.04.